The van der Waals surface area contributed by atoms with Crippen molar-refractivity contribution in [1.82, 2.24) is 0 Å². The molecule has 1 aromatic carbocycles. The lowest BCUT2D eigenvalue weighted by Crippen LogP contribution is -2.21. The van der Waals surface area contributed by atoms with Gasteiger partial charge in [0.05, 0.1) is 12.6 Å². The molecule has 1 aromatic rings. The van der Waals surface area contributed by atoms with Crippen molar-refractivity contribution in [3.8, 4) is 11.5 Å². The fourth-order valence-electron chi connectivity index (χ4n) is 1.66. The monoisotopic (exact) mass is 209 g/mol. The predicted octanol–water partition coefficient (Wildman–Crippen LogP) is 1.10. The van der Waals surface area contributed by atoms with Gasteiger partial charge in [0.1, 0.15) is 13.2 Å². The normalized spacial score (nSPS) is 16.1. The minimum absolute atomic E-state index is 0.174. The molecule has 1 atom stereocenters. The number of ether oxygens (including phenoxy) is 3. The number of fused-ring (bicyclic) bond motifs is 1. The van der Waals surface area contributed by atoms with Crippen molar-refractivity contribution in [2.45, 2.75) is 6.04 Å². The Morgan fingerprint density at radius 3 is 3.00 bits per heavy atom. The number of nitrogens with two attached hydrogens (primary N) is 1. The molecule has 1 aliphatic rings. The molecule has 1 heterocycles. The Kier molecular flexibility index (Phi) is 3.08. The van der Waals surface area contributed by atoms with Gasteiger partial charge in [0.2, 0.25) is 0 Å². The Morgan fingerprint density at radius 2 is 2.20 bits per heavy atom. The molecular weight excluding hydrogens is 194 g/mol. The van der Waals surface area contributed by atoms with Gasteiger partial charge in [-0.25, -0.2) is 0 Å². The summed E-state index contributed by atoms with van der Waals surface area (Å²) in [5, 5.41) is 0. The maximum Gasteiger partial charge on any atom is 0.166 e. The van der Waals surface area contributed by atoms with E-state index in [0.717, 1.165) is 17.1 Å². The van der Waals surface area contributed by atoms with Crippen LogP contribution in [0.15, 0.2) is 18.2 Å². The van der Waals surface area contributed by atoms with Crippen LogP contribution in [0, 0.1) is 0 Å². The molecule has 2 rings (SSSR count). The van der Waals surface area contributed by atoms with Gasteiger partial charge < -0.3 is 19.9 Å². The number of hydrogen-bond acceptors (Lipinski definition) is 4. The van der Waals surface area contributed by atoms with Crippen LogP contribution in [-0.2, 0) is 4.74 Å². The van der Waals surface area contributed by atoms with Crippen molar-refractivity contribution in [1.29, 1.82) is 0 Å². The van der Waals surface area contributed by atoms with Crippen molar-refractivity contribution >= 4 is 0 Å². The van der Waals surface area contributed by atoms with Crippen LogP contribution in [0.1, 0.15) is 11.6 Å². The fraction of sp³-hybridized carbons (Fsp3) is 0.455. The Morgan fingerprint density at radius 1 is 1.40 bits per heavy atom. The first-order valence-electron chi connectivity index (χ1n) is 4.96. The minimum Gasteiger partial charge on any atom is -0.486 e. The lowest BCUT2D eigenvalue weighted by molar-refractivity contribution is 0.160. The molecular formula is C11H15NO3. The molecule has 0 bridgehead atoms. The van der Waals surface area contributed by atoms with Crippen molar-refractivity contribution in [2.75, 3.05) is 26.9 Å². The molecule has 1 aliphatic heterocycles. The van der Waals surface area contributed by atoms with Crippen LogP contribution >= 0.6 is 0 Å². The highest BCUT2D eigenvalue weighted by Gasteiger charge is 2.19. The average molecular weight is 209 g/mol. The predicted molar refractivity (Wildman–Crippen MR) is 56.2 cm³/mol. The van der Waals surface area contributed by atoms with Crippen LogP contribution in [-0.4, -0.2) is 26.9 Å². The molecule has 0 saturated heterocycles. The first-order valence-corrected chi connectivity index (χ1v) is 4.96. The van der Waals surface area contributed by atoms with E-state index >= 15 is 0 Å². The maximum atomic E-state index is 5.97. The molecule has 15 heavy (non-hydrogen) atoms. The summed E-state index contributed by atoms with van der Waals surface area (Å²) in [6.45, 7) is 1.64. The molecule has 4 heteroatoms. The van der Waals surface area contributed by atoms with Gasteiger partial charge in [-0.1, -0.05) is 12.1 Å². The van der Waals surface area contributed by atoms with E-state index in [1.807, 2.05) is 18.2 Å². The van der Waals surface area contributed by atoms with E-state index in [1.165, 1.54) is 0 Å². The van der Waals surface area contributed by atoms with Crippen molar-refractivity contribution < 1.29 is 14.2 Å². The quantitative estimate of drug-likeness (QED) is 0.810. The van der Waals surface area contributed by atoms with E-state index < -0.39 is 0 Å². The summed E-state index contributed by atoms with van der Waals surface area (Å²) >= 11 is 0. The molecule has 0 aromatic heterocycles. The minimum atomic E-state index is -0.174. The molecule has 0 saturated carbocycles. The van der Waals surface area contributed by atoms with E-state index in [4.69, 9.17) is 19.9 Å². The molecule has 0 spiro atoms. The lowest BCUT2D eigenvalue weighted by Gasteiger charge is -2.23. The zero-order valence-corrected chi connectivity index (χ0v) is 8.73. The SMILES string of the molecule is COCC(N)c1cccc2c1OCCO2. The third kappa shape index (κ3) is 2.06. The highest BCUT2D eigenvalue weighted by atomic mass is 16.6. The van der Waals surface area contributed by atoms with Gasteiger partial charge in [0.25, 0.3) is 0 Å². The molecule has 0 aliphatic carbocycles. The summed E-state index contributed by atoms with van der Waals surface area (Å²) < 4.78 is 16.1. The third-order valence-electron chi connectivity index (χ3n) is 2.34. The number of para-hydroxylation sites is 1. The molecule has 0 fully saturated rings. The van der Waals surface area contributed by atoms with Crippen LogP contribution in [0.5, 0.6) is 11.5 Å². The molecule has 2 N–H and O–H groups in total. The van der Waals surface area contributed by atoms with Gasteiger partial charge in [-0.3, -0.25) is 0 Å². The lowest BCUT2D eigenvalue weighted by atomic mass is 10.1. The first kappa shape index (κ1) is 10.3. The second-order valence-corrected chi connectivity index (χ2v) is 3.43. The zero-order chi connectivity index (χ0) is 10.7. The average Bonchev–Trinajstić information content (AvgIpc) is 2.28. The van der Waals surface area contributed by atoms with Crippen LogP contribution in [0.25, 0.3) is 0 Å². The van der Waals surface area contributed by atoms with Crippen LogP contribution in [0.2, 0.25) is 0 Å². The van der Waals surface area contributed by atoms with E-state index in [1.54, 1.807) is 7.11 Å². The highest BCUT2D eigenvalue weighted by Crippen LogP contribution is 2.36. The summed E-state index contributed by atoms with van der Waals surface area (Å²) in [6.07, 6.45) is 0. The smallest absolute Gasteiger partial charge is 0.166 e. The van der Waals surface area contributed by atoms with Crippen molar-refractivity contribution in [3.05, 3.63) is 23.8 Å². The Bertz CT molecular complexity index is 341. The molecule has 82 valence electrons. The number of benzene rings is 1. The standard InChI is InChI=1S/C11H15NO3/c1-13-7-9(12)8-3-2-4-10-11(8)15-6-5-14-10/h2-4,9H,5-7,12H2,1H3. The molecule has 0 radical (unpaired) electrons. The molecule has 1 unspecified atom stereocenters. The van der Waals surface area contributed by atoms with Crippen LogP contribution in [0.4, 0.5) is 0 Å². The van der Waals surface area contributed by atoms with Crippen LogP contribution in [0.3, 0.4) is 0 Å². The van der Waals surface area contributed by atoms with Gasteiger partial charge >= 0.3 is 0 Å². The second-order valence-electron chi connectivity index (χ2n) is 3.43. The van der Waals surface area contributed by atoms with Gasteiger partial charge in [0.15, 0.2) is 11.5 Å². The Hall–Kier alpha value is -1.26. The summed E-state index contributed by atoms with van der Waals surface area (Å²) in [5.41, 5.74) is 6.91. The first-order chi connectivity index (χ1) is 7.33. The summed E-state index contributed by atoms with van der Waals surface area (Å²) in [5.74, 6) is 1.53. The maximum absolute atomic E-state index is 5.97. The fourth-order valence-corrected chi connectivity index (χ4v) is 1.66. The second kappa shape index (κ2) is 4.51. The van der Waals surface area contributed by atoms with Gasteiger partial charge in [-0.2, -0.15) is 0 Å². The van der Waals surface area contributed by atoms with E-state index in [9.17, 15) is 0 Å². The van der Waals surface area contributed by atoms with E-state index in [-0.39, 0.29) is 6.04 Å². The number of hydrogen-bond donors (Lipinski definition) is 1. The topological polar surface area (TPSA) is 53.7 Å². The summed E-state index contributed by atoms with van der Waals surface area (Å²) in [7, 11) is 1.63. The Balaban J connectivity index is 2.30. The van der Waals surface area contributed by atoms with E-state index in [0.29, 0.717) is 19.8 Å². The Labute approximate surface area is 88.9 Å². The van der Waals surface area contributed by atoms with Crippen molar-refractivity contribution in [3.63, 3.8) is 0 Å². The van der Waals surface area contributed by atoms with Gasteiger partial charge in [0, 0.05) is 12.7 Å². The molecule has 4 nitrogen and oxygen atoms in total. The largest absolute Gasteiger partial charge is 0.486 e. The van der Waals surface area contributed by atoms with Gasteiger partial charge in [-0.05, 0) is 6.07 Å². The molecule has 0 amide bonds. The summed E-state index contributed by atoms with van der Waals surface area (Å²) in [4.78, 5) is 0. The number of rotatable bonds is 3. The highest BCUT2D eigenvalue weighted by molar-refractivity contribution is 5.48. The van der Waals surface area contributed by atoms with Crippen molar-refractivity contribution in [2.24, 2.45) is 5.73 Å². The van der Waals surface area contributed by atoms with Gasteiger partial charge in [-0.15, -0.1) is 0 Å². The zero-order valence-electron chi connectivity index (χ0n) is 8.73. The van der Waals surface area contributed by atoms with E-state index in [2.05, 4.69) is 0 Å². The summed E-state index contributed by atoms with van der Waals surface area (Å²) in [6, 6.07) is 5.57. The third-order valence-corrected chi connectivity index (χ3v) is 2.34. The number of methoxy groups -OCH3 is 1. The van der Waals surface area contributed by atoms with Crippen LogP contribution < -0.4 is 15.2 Å².